The summed E-state index contributed by atoms with van der Waals surface area (Å²) < 4.78 is 47.3. The zero-order chi connectivity index (χ0) is 41.4. The van der Waals surface area contributed by atoms with Gasteiger partial charge in [-0.25, -0.2) is 4.18 Å². The minimum Gasteiger partial charge on any atom is -0.394 e. The summed E-state index contributed by atoms with van der Waals surface area (Å²) in [5.74, 6) is -0.721. The molecule has 8 atom stereocenters. The van der Waals surface area contributed by atoms with Crippen molar-refractivity contribution in [3.05, 3.63) is 36.5 Å². The predicted molar refractivity (Wildman–Crippen MR) is 219 cm³/mol. The molecule has 1 fully saturated rings. The fourth-order valence-corrected chi connectivity index (χ4v) is 7.06. The van der Waals surface area contributed by atoms with Crippen molar-refractivity contribution < 1.29 is 57.0 Å². The second kappa shape index (κ2) is 33.1. The van der Waals surface area contributed by atoms with E-state index in [-0.39, 0.29) is 6.42 Å². The van der Waals surface area contributed by atoms with Crippen molar-refractivity contribution in [2.75, 3.05) is 13.2 Å². The fraction of sp³-hybridized carbons (Fsp3) is 0.833. The van der Waals surface area contributed by atoms with Crippen LogP contribution in [0.2, 0.25) is 0 Å². The summed E-state index contributed by atoms with van der Waals surface area (Å²) in [5, 5.41) is 54.9. The Balaban J connectivity index is 2.67. The van der Waals surface area contributed by atoms with Crippen LogP contribution in [0, 0.1) is 0 Å². The highest BCUT2D eigenvalue weighted by atomic mass is 32.3. The summed E-state index contributed by atoms with van der Waals surface area (Å²) in [6.07, 6.45) is 25.4. The highest BCUT2D eigenvalue weighted by molar-refractivity contribution is 7.80. The molecule has 0 aromatic carbocycles. The minimum absolute atomic E-state index is 0.234. The van der Waals surface area contributed by atoms with Crippen LogP contribution >= 0.6 is 0 Å². The van der Waals surface area contributed by atoms with E-state index in [1.165, 1.54) is 89.5 Å². The molecule has 0 saturated carbocycles. The number of ether oxygens (including phenoxy) is 2. The SMILES string of the molecule is CCCCCCCCCC/C=C/CC/C=C/CC/C=C/C(O)C(COC1OC(CO)C(O)C(OS(=O)(=O)O)C1O)NC(=O)C(O)CCCCCCCCCCC. The van der Waals surface area contributed by atoms with E-state index in [4.69, 9.17) is 14.0 Å². The Kier molecular flexibility index (Phi) is 31.0. The van der Waals surface area contributed by atoms with Gasteiger partial charge in [0.1, 0.15) is 30.5 Å². The van der Waals surface area contributed by atoms with Crippen LogP contribution in [0.4, 0.5) is 0 Å². The predicted octanol–water partition coefficient (Wildman–Crippen LogP) is 6.52. The minimum atomic E-state index is -5.12. The highest BCUT2D eigenvalue weighted by Gasteiger charge is 2.48. The lowest BCUT2D eigenvalue weighted by Crippen LogP contribution is -2.61. The average molecular weight is 820 g/mol. The van der Waals surface area contributed by atoms with Crippen LogP contribution in [0.25, 0.3) is 0 Å². The second-order valence-electron chi connectivity index (χ2n) is 15.1. The van der Waals surface area contributed by atoms with Crippen molar-refractivity contribution in [2.24, 2.45) is 0 Å². The Morgan fingerprint density at radius 1 is 0.714 bits per heavy atom. The van der Waals surface area contributed by atoms with Gasteiger partial charge in [-0.1, -0.05) is 153 Å². The summed E-state index contributed by atoms with van der Waals surface area (Å²) >= 11 is 0. The number of unbranched alkanes of at least 4 members (excludes halogenated alkanes) is 18. The van der Waals surface area contributed by atoms with Crippen molar-refractivity contribution >= 4 is 16.3 Å². The van der Waals surface area contributed by atoms with E-state index in [1.807, 2.05) is 0 Å². The van der Waals surface area contributed by atoms with Crippen LogP contribution in [-0.4, -0.2) is 107 Å². The molecular weight excluding hydrogens is 743 g/mol. The summed E-state index contributed by atoms with van der Waals surface area (Å²) in [4.78, 5) is 13.0. The first-order valence-electron chi connectivity index (χ1n) is 21.5. The molecule has 13 nitrogen and oxygen atoms in total. The third-order valence-corrected chi connectivity index (χ3v) is 10.5. The van der Waals surface area contributed by atoms with Crippen molar-refractivity contribution in [2.45, 2.75) is 210 Å². The van der Waals surface area contributed by atoms with Crippen molar-refractivity contribution in [3.63, 3.8) is 0 Å². The Hall–Kier alpha value is -1.72. The smallest absolute Gasteiger partial charge is 0.394 e. The second-order valence-corrected chi connectivity index (χ2v) is 16.1. The normalized spacial score (nSPS) is 22.3. The Bertz CT molecular complexity index is 1170. The molecule has 328 valence electrons. The number of carbonyl (C=O) groups is 1. The molecule has 0 aromatic heterocycles. The van der Waals surface area contributed by atoms with E-state index in [0.717, 1.165) is 44.9 Å². The monoisotopic (exact) mass is 820 g/mol. The fourth-order valence-electron chi connectivity index (χ4n) is 6.55. The van der Waals surface area contributed by atoms with Crippen LogP contribution in [0.3, 0.4) is 0 Å². The number of nitrogens with one attached hydrogen (secondary N) is 1. The van der Waals surface area contributed by atoms with Crippen LogP contribution in [0.15, 0.2) is 36.5 Å². The van der Waals surface area contributed by atoms with Gasteiger partial charge in [0.2, 0.25) is 5.91 Å². The van der Waals surface area contributed by atoms with E-state index in [9.17, 15) is 38.7 Å². The van der Waals surface area contributed by atoms with Gasteiger partial charge in [0, 0.05) is 0 Å². The first-order valence-corrected chi connectivity index (χ1v) is 22.8. The van der Waals surface area contributed by atoms with Crippen LogP contribution in [-0.2, 0) is 28.9 Å². The molecule has 56 heavy (non-hydrogen) atoms. The molecule has 0 aliphatic carbocycles. The highest BCUT2D eigenvalue weighted by Crippen LogP contribution is 2.26. The number of rotatable bonds is 35. The van der Waals surface area contributed by atoms with Crippen molar-refractivity contribution in [3.8, 4) is 0 Å². The Morgan fingerprint density at radius 3 is 1.71 bits per heavy atom. The molecule has 0 bridgehead atoms. The quantitative estimate of drug-likeness (QED) is 0.0207. The summed E-state index contributed by atoms with van der Waals surface area (Å²) in [6.45, 7) is 3.14. The van der Waals surface area contributed by atoms with Crippen molar-refractivity contribution in [1.82, 2.24) is 5.32 Å². The van der Waals surface area contributed by atoms with Gasteiger partial charge in [0.15, 0.2) is 6.29 Å². The summed E-state index contributed by atoms with van der Waals surface area (Å²) in [7, 11) is -5.12. The zero-order valence-corrected chi connectivity index (χ0v) is 35.1. The molecule has 1 heterocycles. The maximum atomic E-state index is 13.0. The molecule has 8 unspecified atom stereocenters. The summed E-state index contributed by atoms with van der Waals surface area (Å²) in [6, 6.07) is -1.14. The molecule has 0 radical (unpaired) electrons. The van der Waals surface area contributed by atoms with E-state index < -0.39 is 78.5 Å². The molecular formula is C42H77NO12S. The number of carbonyl (C=O) groups excluding carboxylic acids is 1. The number of amides is 1. The molecule has 0 spiro atoms. The van der Waals surface area contributed by atoms with Gasteiger partial charge in [0.25, 0.3) is 0 Å². The topological polar surface area (TPSA) is 212 Å². The lowest BCUT2D eigenvalue weighted by atomic mass is 9.99. The first kappa shape index (κ1) is 52.3. The number of allylic oxidation sites excluding steroid dienone is 5. The zero-order valence-electron chi connectivity index (χ0n) is 34.3. The number of aliphatic hydroxyl groups is 5. The Labute approximate surface area is 337 Å². The van der Waals surface area contributed by atoms with Crippen LogP contribution in [0.1, 0.15) is 162 Å². The van der Waals surface area contributed by atoms with E-state index in [0.29, 0.717) is 12.8 Å². The van der Waals surface area contributed by atoms with Gasteiger partial charge >= 0.3 is 10.4 Å². The van der Waals surface area contributed by atoms with Gasteiger partial charge in [-0.2, -0.15) is 8.42 Å². The maximum absolute atomic E-state index is 13.0. The average Bonchev–Trinajstić information content (AvgIpc) is 3.16. The van der Waals surface area contributed by atoms with Crippen LogP contribution in [0.5, 0.6) is 0 Å². The number of aliphatic hydroxyl groups excluding tert-OH is 5. The van der Waals surface area contributed by atoms with Gasteiger partial charge in [-0.3, -0.25) is 9.35 Å². The molecule has 1 aliphatic heterocycles. The van der Waals surface area contributed by atoms with E-state index >= 15 is 0 Å². The molecule has 14 heteroatoms. The summed E-state index contributed by atoms with van der Waals surface area (Å²) in [5.41, 5.74) is 0. The molecule has 1 rings (SSSR count). The van der Waals surface area contributed by atoms with Gasteiger partial charge in [0.05, 0.1) is 25.4 Å². The van der Waals surface area contributed by atoms with Gasteiger partial charge in [-0.15, -0.1) is 0 Å². The molecule has 7 N–H and O–H groups in total. The van der Waals surface area contributed by atoms with Crippen LogP contribution < -0.4 is 5.32 Å². The number of hydrogen-bond acceptors (Lipinski definition) is 11. The van der Waals surface area contributed by atoms with E-state index in [1.54, 1.807) is 6.08 Å². The first-order chi connectivity index (χ1) is 26.9. The van der Waals surface area contributed by atoms with E-state index in [2.05, 4.69) is 47.7 Å². The van der Waals surface area contributed by atoms with Gasteiger partial charge < -0.3 is 40.3 Å². The third kappa shape index (κ3) is 25.6. The largest absolute Gasteiger partial charge is 0.397 e. The lowest BCUT2D eigenvalue weighted by molar-refractivity contribution is -0.298. The van der Waals surface area contributed by atoms with Gasteiger partial charge in [-0.05, 0) is 44.9 Å². The van der Waals surface area contributed by atoms with Crippen molar-refractivity contribution in [1.29, 1.82) is 0 Å². The number of hydrogen-bond donors (Lipinski definition) is 7. The molecule has 1 saturated heterocycles. The lowest BCUT2D eigenvalue weighted by Gasteiger charge is -2.41. The maximum Gasteiger partial charge on any atom is 0.397 e. The molecule has 1 amide bonds. The third-order valence-electron chi connectivity index (χ3n) is 10.0. The Morgan fingerprint density at radius 2 is 1.20 bits per heavy atom. The molecule has 1 aliphatic rings. The molecule has 0 aromatic rings. The standard InChI is InChI=1S/C42H77NO12S/c1-3-5-7-9-11-13-14-15-16-17-18-19-20-21-23-24-26-28-30-35(45)34(43-41(49)36(46)31-29-27-25-22-12-10-8-6-4-2)33-53-42-39(48)40(55-56(50,51)52)38(47)37(32-44)54-42/h17-18,21,23,28,30,34-40,42,44-48H,3-16,19-20,22,24-27,29,31-33H2,1-2H3,(H,43,49)(H,50,51,52)/b18-17+,23-21+,30-28+.